The van der Waals surface area contributed by atoms with Crippen molar-refractivity contribution in [3.63, 3.8) is 0 Å². The van der Waals surface area contributed by atoms with E-state index in [1.807, 2.05) is 20.8 Å². The average molecular weight is 253 g/mol. The van der Waals surface area contributed by atoms with Crippen molar-refractivity contribution in [2.45, 2.75) is 39.8 Å². The number of hydrogen-bond donors (Lipinski definition) is 1. The monoisotopic (exact) mass is 253 g/mol. The molecule has 6 heteroatoms. The number of aromatic amines is 1. The van der Waals surface area contributed by atoms with Crippen LogP contribution in [-0.2, 0) is 11.3 Å². The third kappa shape index (κ3) is 4.20. The molecule has 0 saturated carbocycles. The molecular weight excluding hydrogens is 234 g/mol. The molecule has 18 heavy (non-hydrogen) atoms. The maximum Gasteiger partial charge on any atom is 0.410 e. The van der Waals surface area contributed by atoms with Gasteiger partial charge in [0, 0.05) is 14.0 Å². The van der Waals surface area contributed by atoms with Crippen molar-refractivity contribution >= 4 is 11.9 Å². The van der Waals surface area contributed by atoms with Gasteiger partial charge in [-0.3, -0.25) is 9.89 Å². The van der Waals surface area contributed by atoms with Gasteiger partial charge < -0.3 is 9.64 Å². The van der Waals surface area contributed by atoms with Gasteiger partial charge in [-0.15, -0.1) is 0 Å². The van der Waals surface area contributed by atoms with Gasteiger partial charge in [0.25, 0.3) is 0 Å². The molecule has 0 aliphatic carbocycles. The Balaban J connectivity index is 2.61. The van der Waals surface area contributed by atoms with Gasteiger partial charge in [-0.25, -0.2) is 4.79 Å². The van der Waals surface area contributed by atoms with Crippen LogP contribution in [0, 0.1) is 0 Å². The molecule has 0 atom stereocenters. The summed E-state index contributed by atoms with van der Waals surface area (Å²) in [6, 6.07) is 1.63. The fraction of sp³-hybridized carbons (Fsp3) is 0.583. The van der Waals surface area contributed by atoms with Crippen molar-refractivity contribution in [2.24, 2.45) is 0 Å². The summed E-state index contributed by atoms with van der Waals surface area (Å²) in [4.78, 5) is 24.2. The Morgan fingerprint density at radius 1 is 1.44 bits per heavy atom. The molecule has 0 saturated heterocycles. The highest BCUT2D eigenvalue weighted by atomic mass is 16.6. The number of carbonyl (C=O) groups is 2. The number of ketones is 1. The quantitative estimate of drug-likeness (QED) is 0.836. The number of nitrogens with one attached hydrogen (secondary N) is 1. The van der Waals surface area contributed by atoms with E-state index in [2.05, 4.69) is 10.2 Å². The number of ether oxygens (including phenoxy) is 1. The molecule has 0 unspecified atom stereocenters. The van der Waals surface area contributed by atoms with Crippen LogP contribution < -0.4 is 0 Å². The number of H-pyrrole nitrogens is 1. The Kier molecular flexibility index (Phi) is 4.11. The third-order valence-corrected chi connectivity index (χ3v) is 2.10. The lowest BCUT2D eigenvalue weighted by Gasteiger charge is -2.24. The van der Waals surface area contributed by atoms with Gasteiger partial charge in [-0.2, -0.15) is 5.10 Å². The molecular formula is C12H19N3O3. The molecule has 0 fully saturated rings. The van der Waals surface area contributed by atoms with Crippen LogP contribution in [0.1, 0.15) is 43.9 Å². The van der Waals surface area contributed by atoms with E-state index in [0.29, 0.717) is 17.9 Å². The van der Waals surface area contributed by atoms with Gasteiger partial charge in [0.15, 0.2) is 5.78 Å². The number of amides is 1. The summed E-state index contributed by atoms with van der Waals surface area (Å²) in [6.07, 6.45) is -0.415. The Bertz CT molecular complexity index is 446. The zero-order valence-electron chi connectivity index (χ0n) is 11.4. The number of rotatable bonds is 3. The SMILES string of the molecule is CC(=O)c1cc(CN(C)C(=O)OC(C)(C)C)[nH]n1. The summed E-state index contributed by atoms with van der Waals surface area (Å²) in [6.45, 7) is 7.18. The topological polar surface area (TPSA) is 75.3 Å². The van der Waals surface area contributed by atoms with E-state index in [1.54, 1.807) is 13.1 Å². The van der Waals surface area contributed by atoms with E-state index in [4.69, 9.17) is 4.74 Å². The van der Waals surface area contributed by atoms with Crippen molar-refractivity contribution in [3.8, 4) is 0 Å². The van der Waals surface area contributed by atoms with Crippen molar-refractivity contribution in [3.05, 3.63) is 17.5 Å². The molecule has 100 valence electrons. The van der Waals surface area contributed by atoms with Crippen LogP contribution in [0.25, 0.3) is 0 Å². The minimum atomic E-state index is -0.524. The molecule has 1 N–H and O–H groups in total. The minimum absolute atomic E-state index is 0.113. The number of Topliss-reactive ketones (excluding diaryl/α,β-unsaturated/α-hetero) is 1. The van der Waals surface area contributed by atoms with Gasteiger partial charge in [0.1, 0.15) is 11.3 Å². The number of hydrogen-bond acceptors (Lipinski definition) is 4. The molecule has 0 spiro atoms. The van der Waals surface area contributed by atoms with Crippen LogP contribution in [0.15, 0.2) is 6.07 Å². The molecule has 0 aliphatic rings. The third-order valence-electron chi connectivity index (χ3n) is 2.10. The summed E-state index contributed by atoms with van der Waals surface area (Å²) in [5.74, 6) is -0.113. The first-order valence-corrected chi connectivity index (χ1v) is 5.68. The van der Waals surface area contributed by atoms with E-state index >= 15 is 0 Å². The van der Waals surface area contributed by atoms with E-state index in [9.17, 15) is 9.59 Å². The van der Waals surface area contributed by atoms with Crippen LogP contribution in [0.3, 0.4) is 0 Å². The normalized spacial score (nSPS) is 11.2. The second-order valence-corrected chi connectivity index (χ2v) is 5.17. The Morgan fingerprint density at radius 2 is 2.06 bits per heavy atom. The molecule has 1 aromatic heterocycles. The van der Waals surface area contributed by atoms with Gasteiger partial charge in [0.05, 0.1) is 12.2 Å². The lowest BCUT2D eigenvalue weighted by atomic mass is 10.2. The standard InChI is InChI=1S/C12H19N3O3/c1-8(16)10-6-9(13-14-10)7-15(5)11(17)18-12(2,3)4/h6H,7H2,1-5H3,(H,13,14). The van der Waals surface area contributed by atoms with E-state index < -0.39 is 11.7 Å². The molecule has 0 bridgehead atoms. The minimum Gasteiger partial charge on any atom is -0.444 e. The van der Waals surface area contributed by atoms with Gasteiger partial charge >= 0.3 is 6.09 Å². The van der Waals surface area contributed by atoms with Crippen LogP contribution >= 0.6 is 0 Å². The molecule has 0 aliphatic heterocycles. The maximum absolute atomic E-state index is 11.7. The zero-order chi connectivity index (χ0) is 13.9. The highest BCUT2D eigenvalue weighted by Gasteiger charge is 2.20. The van der Waals surface area contributed by atoms with Crippen LogP contribution in [0.2, 0.25) is 0 Å². The van der Waals surface area contributed by atoms with Crippen LogP contribution in [-0.4, -0.2) is 39.6 Å². The van der Waals surface area contributed by atoms with Gasteiger partial charge in [-0.05, 0) is 26.8 Å². The first-order valence-electron chi connectivity index (χ1n) is 5.68. The number of carbonyl (C=O) groups excluding carboxylic acids is 2. The van der Waals surface area contributed by atoms with Crippen LogP contribution in [0.4, 0.5) is 4.79 Å². The van der Waals surface area contributed by atoms with Gasteiger partial charge in [0.2, 0.25) is 0 Å². The lowest BCUT2D eigenvalue weighted by molar-refractivity contribution is 0.0283. The van der Waals surface area contributed by atoms with E-state index in [-0.39, 0.29) is 5.78 Å². The highest BCUT2D eigenvalue weighted by Crippen LogP contribution is 2.11. The Labute approximate surface area is 106 Å². The molecule has 1 rings (SSSR count). The van der Waals surface area contributed by atoms with E-state index in [0.717, 1.165) is 0 Å². The number of aromatic nitrogens is 2. The number of nitrogens with zero attached hydrogens (tertiary/aromatic N) is 2. The summed E-state index contributed by atoms with van der Waals surface area (Å²) in [5.41, 5.74) is 0.528. The van der Waals surface area contributed by atoms with Crippen molar-refractivity contribution in [1.82, 2.24) is 15.1 Å². The Morgan fingerprint density at radius 3 is 2.50 bits per heavy atom. The Hall–Kier alpha value is -1.85. The lowest BCUT2D eigenvalue weighted by Crippen LogP contribution is -2.33. The van der Waals surface area contributed by atoms with Crippen LogP contribution in [0.5, 0.6) is 0 Å². The summed E-state index contributed by atoms with van der Waals surface area (Å²) in [5, 5.41) is 6.56. The fourth-order valence-corrected chi connectivity index (χ4v) is 1.28. The zero-order valence-corrected chi connectivity index (χ0v) is 11.4. The maximum atomic E-state index is 11.7. The first kappa shape index (κ1) is 14.2. The summed E-state index contributed by atoms with van der Waals surface area (Å²) < 4.78 is 5.21. The highest BCUT2D eigenvalue weighted by molar-refractivity contribution is 5.92. The molecule has 6 nitrogen and oxygen atoms in total. The fourth-order valence-electron chi connectivity index (χ4n) is 1.28. The largest absolute Gasteiger partial charge is 0.444 e. The predicted octanol–water partition coefficient (Wildman–Crippen LogP) is 1.98. The summed E-state index contributed by atoms with van der Waals surface area (Å²) >= 11 is 0. The smallest absolute Gasteiger partial charge is 0.410 e. The van der Waals surface area contributed by atoms with Crippen molar-refractivity contribution in [1.29, 1.82) is 0 Å². The van der Waals surface area contributed by atoms with Gasteiger partial charge in [-0.1, -0.05) is 0 Å². The molecule has 1 heterocycles. The second kappa shape index (κ2) is 5.20. The summed E-state index contributed by atoms with van der Waals surface area (Å²) in [7, 11) is 1.63. The van der Waals surface area contributed by atoms with E-state index in [1.165, 1.54) is 11.8 Å². The van der Waals surface area contributed by atoms with Crippen molar-refractivity contribution in [2.75, 3.05) is 7.05 Å². The molecule has 1 aromatic rings. The average Bonchev–Trinajstić information content (AvgIpc) is 2.63. The first-order chi connectivity index (χ1) is 8.19. The van der Waals surface area contributed by atoms with Crippen molar-refractivity contribution < 1.29 is 14.3 Å². The molecule has 0 radical (unpaired) electrons. The molecule has 1 amide bonds. The molecule has 0 aromatic carbocycles. The predicted molar refractivity (Wildman–Crippen MR) is 66.3 cm³/mol. The second-order valence-electron chi connectivity index (χ2n) is 5.17.